The van der Waals surface area contributed by atoms with Crippen molar-refractivity contribution in [1.82, 2.24) is 9.62 Å². The van der Waals surface area contributed by atoms with E-state index in [0.717, 1.165) is 18.9 Å². The van der Waals surface area contributed by atoms with E-state index in [9.17, 15) is 17.7 Å². The fourth-order valence-corrected chi connectivity index (χ4v) is 4.96. The van der Waals surface area contributed by atoms with E-state index in [4.69, 9.17) is 11.6 Å². The summed E-state index contributed by atoms with van der Waals surface area (Å²) in [6.07, 6.45) is -2.83. The Kier molecular flexibility index (Phi) is 4.13. The van der Waals surface area contributed by atoms with Crippen LogP contribution in [-0.2, 0) is 17.5 Å². The summed E-state index contributed by atoms with van der Waals surface area (Å²) in [4.78, 5) is -0.242. The number of alkyl halides is 3. The molecule has 0 saturated carbocycles. The Morgan fingerprint density at radius 1 is 1.24 bits per heavy atom. The lowest BCUT2D eigenvalue weighted by molar-refractivity contribution is -0.139. The Hall–Kier alpha value is -0.470. The minimum absolute atomic E-state index is 0.0182. The molecule has 0 aromatic heterocycles. The number of fused-ring (bicyclic) bond motifs is 2. The second-order valence-electron chi connectivity index (χ2n) is 5.29. The fourth-order valence-electron chi connectivity index (χ4n) is 3.00. The van der Waals surface area contributed by atoms with Crippen LogP contribution >= 0.6 is 11.6 Å². The molecule has 2 heterocycles. The van der Waals surface area contributed by atoms with Crippen molar-refractivity contribution < 1.29 is 17.7 Å². The molecule has 0 spiro atoms. The third-order valence-electron chi connectivity index (χ3n) is 3.94. The van der Waals surface area contributed by atoms with E-state index >= 15 is 0 Å². The van der Waals surface area contributed by atoms with Gasteiger partial charge in [0, 0.05) is 24.2 Å². The van der Waals surface area contributed by atoms with Gasteiger partial charge in [-0.25, -0.2) is 0 Å². The summed E-state index contributed by atoms with van der Waals surface area (Å²) >= 11 is 3.96. The van der Waals surface area contributed by atoms with E-state index in [1.165, 1.54) is 12.1 Å². The van der Waals surface area contributed by atoms with Crippen molar-refractivity contribution in [2.24, 2.45) is 0 Å². The van der Waals surface area contributed by atoms with Gasteiger partial charge in [0.05, 0.1) is 23.4 Å². The van der Waals surface area contributed by atoms with Crippen LogP contribution in [0.4, 0.5) is 13.2 Å². The molecule has 0 radical (unpaired) electrons. The molecule has 116 valence electrons. The van der Waals surface area contributed by atoms with E-state index in [1.54, 1.807) is 4.31 Å². The van der Waals surface area contributed by atoms with Crippen LogP contribution in [0.5, 0.6) is 0 Å². The first-order valence-electron chi connectivity index (χ1n) is 6.65. The maximum Gasteiger partial charge on any atom is 0.421 e. The minimum Gasteiger partial charge on any atom is -0.593 e. The SMILES string of the molecule is [O-][S+](c1cc(Cl)ccc1C(F)(F)F)N1C2CC[C@@H]1CNC2. The Labute approximate surface area is 128 Å². The van der Waals surface area contributed by atoms with Crippen molar-refractivity contribution in [2.45, 2.75) is 36.0 Å². The van der Waals surface area contributed by atoms with Crippen LogP contribution in [0.25, 0.3) is 0 Å². The normalized spacial score (nSPS) is 27.9. The molecule has 2 unspecified atom stereocenters. The van der Waals surface area contributed by atoms with Gasteiger partial charge in [0.15, 0.2) is 4.90 Å². The van der Waals surface area contributed by atoms with E-state index in [0.29, 0.717) is 13.1 Å². The molecule has 8 heteroatoms. The number of benzene rings is 1. The summed E-state index contributed by atoms with van der Waals surface area (Å²) in [7, 11) is 0. The van der Waals surface area contributed by atoms with E-state index in [1.807, 2.05) is 0 Å². The predicted octanol–water partition coefficient (Wildman–Crippen LogP) is 2.82. The van der Waals surface area contributed by atoms with Gasteiger partial charge in [-0.1, -0.05) is 11.6 Å². The first-order valence-corrected chi connectivity index (χ1v) is 8.14. The van der Waals surface area contributed by atoms with Gasteiger partial charge in [-0.15, -0.1) is 4.31 Å². The number of piperazine rings is 1. The van der Waals surface area contributed by atoms with Crippen LogP contribution < -0.4 is 5.32 Å². The van der Waals surface area contributed by atoms with Crippen LogP contribution in [0.2, 0.25) is 5.02 Å². The van der Waals surface area contributed by atoms with Crippen LogP contribution in [0, 0.1) is 0 Å². The number of nitrogens with zero attached hydrogens (tertiary/aromatic N) is 1. The zero-order valence-corrected chi connectivity index (χ0v) is 12.6. The number of nitrogens with one attached hydrogen (secondary N) is 1. The highest BCUT2D eigenvalue weighted by atomic mass is 35.5. The second-order valence-corrected chi connectivity index (χ2v) is 7.09. The summed E-state index contributed by atoms with van der Waals surface area (Å²) in [6, 6.07) is 3.29. The molecule has 2 fully saturated rings. The van der Waals surface area contributed by atoms with E-state index in [-0.39, 0.29) is 22.0 Å². The number of halogens is 4. The molecule has 2 aliphatic heterocycles. The first-order chi connectivity index (χ1) is 9.88. The molecule has 1 N–H and O–H groups in total. The maximum absolute atomic E-state index is 13.1. The van der Waals surface area contributed by atoms with Gasteiger partial charge in [0.1, 0.15) is 5.56 Å². The first kappa shape index (κ1) is 15.4. The fraction of sp³-hybridized carbons (Fsp3) is 0.538. The Morgan fingerprint density at radius 2 is 1.86 bits per heavy atom. The van der Waals surface area contributed by atoms with Crippen LogP contribution in [0.1, 0.15) is 18.4 Å². The summed E-state index contributed by atoms with van der Waals surface area (Å²) in [5.41, 5.74) is -0.872. The van der Waals surface area contributed by atoms with Crippen molar-refractivity contribution in [3.8, 4) is 0 Å². The molecule has 2 aliphatic rings. The van der Waals surface area contributed by atoms with E-state index in [2.05, 4.69) is 5.32 Å². The third-order valence-corrected chi connectivity index (χ3v) is 5.87. The predicted molar refractivity (Wildman–Crippen MR) is 74.4 cm³/mol. The highest BCUT2D eigenvalue weighted by Gasteiger charge is 2.47. The number of hydrogen-bond donors (Lipinski definition) is 1. The molecule has 1 aromatic rings. The molecule has 0 aliphatic carbocycles. The van der Waals surface area contributed by atoms with Crippen molar-refractivity contribution in [1.29, 1.82) is 0 Å². The molecule has 1 aromatic carbocycles. The molecule has 3 rings (SSSR count). The lowest BCUT2D eigenvalue weighted by Crippen LogP contribution is -2.54. The highest BCUT2D eigenvalue weighted by molar-refractivity contribution is 7.89. The minimum atomic E-state index is -4.54. The Morgan fingerprint density at radius 3 is 2.43 bits per heavy atom. The Balaban J connectivity index is 1.98. The molecular weight excluding hydrogens is 325 g/mol. The maximum atomic E-state index is 13.1. The zero-order valence-electron chi connectivity index (χ0n) is 11.0. The van der Waals surface area contributed by atoms with Gasteiger partial charge in [-0.05, 0) is 25.0 Å². The van der Waals surface area contributed by atoms with Crippen molar-refractivity contribution in [3.63, 3.8) is 0 Å². The largest absolute Gasteiger partial charge is 0.593 e. The molecular formula is C13H14ClF3N2OS. The Bertz CT molecular complexity index is 527. The summed E-state index contributed by atoms with van der Waals surface area (Å²) < 4.78 is 53.8. The van der Waals surface area contributed by atoms with E-state index < -0.39 is 23.1 Å². The number of hydrogen-bond acceptors (Lipinski definition) is 3. The van der Waals surface area contributed by atoms with Gasteiger partial charge < -0.3 is 9.87 Å². The summed E-state index contributed by atoms with van der Waals surface area (Å²) in [5, 5.41) is 3.38. The summed E-state index contributed by atoms with van der Waals surface area (Å²) in [5.74, 6) is 0. The molecule has 0 amide bonds. The lowest BCUT2D eigenvalue weighted by Gasteiger charge is -2.34. The smallest absolute Gasteiger partial charge is 0.421 e. The van der Waals surface area contributed by atoms with Crippen LogP contribution in [-0.4, -0.2) is 34.0 Å². The van der Waals surface area contributed by atoms with Gasteiger partial charge in [-0.2, -0.15) is 13.2 Å². The third kappa shape index (κ3) is 2.90. The van der Waals surface area contributed by atoms with Crippen molar-refractivity contribution in [3.05, 3.63) is 28.8 Å². The van der Waals surface area contributed by atoms with Gasteiger partial charge in [0.25, 0.3) is 0 Å². The molecule has 3 nitrogen and oxygen atoms in total. The van der Waals surface area contributed by atoms with Gasteiger partial charge in [0.2, 0.25) is 0 Å². The van der Waals surface area contributed by atoms with Crippen LogP contribution in [0.3, 0.4) is 0 Å². The molecule has 3 atom stereocenters. The average molecular weight is 339 g/mol. The summed E-state index contributed by atoms with van der Waals surface area (Å²) in [6.45, 7) is 1.31. The number of rotatable bonds is 2. The van der Waals surface area contributed by atoms with Crippen molar-refractivity contribution >= 4 is 23.0 Å². The lowest BCUT2D eigenvalue weighted by atomic mass is 10.2. The quantitative estimate of drug-likeness (QED) is 0.843. The second kappa shape index (κ2) is 5.62. The standard InChI is InChI=1S/C13H14ClF3N2OS/c14-8-1-4-11(13(15,16)17)12(5-8)21(20)19-9-2-3-10(19)7-18-6-9/h1,4-5,9-10,18H,2-3,6-7H2/t9-,10?,21?/m1/s1. The zero-order chi connectivity index (χ0) is 15.2. The molecule has 21 heavy (non-hydrogen) atoms. The molecule has 2 bridgehead atoms. The van der Waals surface area contributed by atoms with Gasteiger partial charge in [-0.3, -0.25) is 0 Å². The monoisotopic (exact) mass is 338 g/mol. The topological polar surface area (TPSA) is 38.3 Å². The van der Waals surface area contributed by atoms with Crippen molar-refractivity contribution in [2.75, 3.05) is 13.1 Å². The highest BCUT2D eigenvalue weighted by Crippen LogP contribution is 2.40. The molecule has 2 saturated heterocycles. The van der Waals surface area contributed by atoms with Gasteiger partial charge >= 0.3 is 6.18 Å². The average Bonchev–Trinajstić information content (AvgIpc) is 2.65. The van der Waals surface area contributed by atoms with Crippen LogP contribution in [0.15, 0.2) is 23.1 Å².